The second kappa shape index (κ2) is 11.0. The highest BCUT2D eigenvalue weighted by Gasteiger charge is 2.51. The molecule has 7 heteroatoms. The van der Waals surface area contributed by atoms with Crippen LogP contribution in [0.25, 0.3) is 11.1 Å². The number of benzene rings is 4. The summed E-state index contributed by atoms with van der Waals surface area (Å²) in [6, 6.07) is 33.8. The van der Waals surface area contributed by atoms with Gasteiger partial charge < -0.3 is 14.9 Å². The maximum absolute atomic E-state index is 13.2. The van der Waals surface area contributed by atoms with Gasteiger partial charge in [0.2, 0.25) is 0 Å². The van der Waals surface area contributed by atoms with E-state index in [1.54, 1.807) is 60.7 Å². The van der Waals surface area contributed by atoms with Crippen molar-refractivity contribution in [1.82, 2.24) is 5.32 Å². The Labute approximate surface area is 210 Å². The third-order valence-corrected chi connectivity index (χ3v) is 7.72. The van der Waals surface area contributed by atoms with Crippen molar-refractivity contribution in [2.75, 3.05) is 0 Å². The third-order valence-electron chi connectivity index (χ3n) is 6.20. The Hall–Kier alpha value is -3.54. The molecule has 4 rings (SSSR count). The molecule has 6 nitrogen and oxygen atoms in total. The second-order valence-electron chi connectivity index (χ2n) is 8.69. The van der Waals surface area contributed by atoms with Gasteiger partial charge in [-0.25, -0.2) is 0 Å². The summed E-state index contributed by atoms with van der Waals surface area (Å²) >= 11 is 0. The van der Waals surface area contributed by atoms with Crippen molar-refractivity contribution < 1.29 is 24.3 Å². The molecular formula is C29H28NO5P. The average molecular weight is 502 g/mol. The zero-order chi connectivity index (χ0) is 25.6. The predicted molar refractivity (Wildman–Crippen MR) is 140 cm³/mol. The van der Waals surface area contributed by atoms with Gasteiger partial charge in [0, 0.05) is 6.04 Å². The van der Waals surface area contributed by atoms with Crippen LogP contribution in [0.4, 0.5) is 0 Å². The molecular weight excluding hydrogens is 473 g/mol. The van der Waals surface area contributed by atoms with E-state index in [1.165, 1.54) is 0 Å². The van der Waals surface area contributed by atoms with Gasteiger partial charge in [-0.3, -0.25) is 14.7 Å². The number of nitrogens with one attached hydrogen (secondary N) is 1. The number of carbonyl (C=O) groups is 1. The number of hydrogen-bond acceptors (Lipinski definition) is 3. The molecule has 0 spiro atoms. The van der Waals surface area contributed by atoms with E-state index in [2.05, 4.69) is 5.32 Å². The number of hydrogen-bond donors (Lipinski definition) is 4. The first-order valence-corrected chi connectivity index (χ1v) is 13.2. The fourth-order valence-corrected chi connectivity index (χ4v) is 5.86. The summed E-state index contributed by atoms with van der Waals surface area (Å²) in [6.07, 6.45) is -0.0510. The lowest BCUT2D eigenvalue weighted by Crippen LogP contribution is -2.50. The van der Waals surface area contributed by atoms with Crippen LogP contribution in [0.1, 0.15) is 23.1 Å². The van der Waals surface area contributed by atoms with Crippen molar-refractivity contribution in [3.05, 3.63) is 132 Å². The van der Waals surface area contributed by atoms with E-state index in [9.17, 15) is 24.3 Å². The predicted octanol–water partition coefficient (Wildman–Crippen LogP) is 5.41. The van der Waals surface area contributed by atoms with Gasteiger partial charge in [-0.15, -0.1) is 0 Å². The topological polar surface area (TPSA) is 107 Å². The maximum Gasteiger partial charge on any atom is 0.354 e. The van der Waals surface area contributed by atoms with E-state index in [0.29, 0.717) is 11.1 Å². The maximum atomic E-state index is 13.2. The first kappa shape index (κ1) is 25.5. The third kappa shape index (κ3) is 5.64. The minimum absolute atomic E-state index is 0.267. The molecule has 1 atom stereocenters. The summed E-state index contributed by atoms with van der Waals surface area (Å²) in [5, 5.41) is 10.9. The van der Waals surface area contributed by atoms with Crippen molar-refractivity contribution in [3.8, 4) is 11.1 Å². The Balaban J connectivity index is 1.73. The second-order valence-corrected chi connectivity index (χ2v) is 10.5. The standard InChI is InChI=1S/C29H28NO5P/c31-28(32)21-27(20-22-16-18-24(19-17-22)23-10-4-1-5-11-23)30-29(36(33,34)35,25-12-6-2-7-13-25)26-14-8-3-9-15-26/h1-19,27,30H,20-21H2,(H,31,32)(H2,33,34,35)/t27-/m0/s1. The molecule has 0 aliphatic heterocycles. The van der Waals surface area contributed by atoms with Crippen molar-refractivity contribution in [1.29, 1.82) is 0 Å². The van der Waals surface area contributed by atoms with Crippen LogP contribution >= 0.6 is 7.60 Å². The largest absolute Gasteiger partial charge is 0.481 e. The molecule has 4 aromatic carbocycles. The van der Waals surface area contributed by atoms with E-state index in [1.807, 2.05) is 54.6 Å². The molecule has 0 aromatic heterocycles. The lowest BCUT2D eigenvalue weighted by Gasteiger charge is -2.39. The Morgan fingerprint density at radius 1 is 0.722 bits per heavy atom. The zero-order valence-electron chi connectivity index (χ0n) is 19.6. The van der Waals surface area contributed by atoms with Gasteiger partial charge in [-0.2, -0.15) is 0 Å². The van der Waals surface area contributed by atoms with Gasteiger partial charge in [-0.05, 0) is 34.2 Å². The number of rotatable bonds is 10. The van der Waals surface area contributed by atoms with Crippen LogP contribution in [0.15, 0.2) is 115 Å². The van der Waals surface area contributed by atoms with Crippen molar-refractivity contribution in [2.24, 2.45) is 0 Å². The molecule has 0 saturated heterocycles. The first-order valence-electron chi connectivity index (χ1n) is 11.6. The summed E-state index contributed by atoms with van der Waals surface area (Å²) < 4.78 is 13.2. The van der Waals surface area contributed by atoms with Gasteiger partial charge in [0.15, 0.2) is 5.28 Å². The SMILES string of the molecule is O=C(O)C[C@H](Cc1ccc(-c2ccccc2)cc1)NC(c1ccccc1)(c1ccccc1)P(=O)(O)O. The normalized spacial score (nSPS) is 12.7. The van der Waals surface area contributed by atoms with E-state index in [-0.39, 0.29) is 12.8 Å². The van der Waals surface area contributed by atoms with Crippen LogP contribution in [0.5, 0.6) is 0 Å². The summed E-state index contributed by atoms with van der Waals surface area (Å²) in [6.45, 7) is 0. The van der Waals surface area contributed by atoms with Crippen molar-refractivity contribution in [3.63, 3.8) is 0 Å². The molecule has 36 heavy (non-hydrogen) atoms. The van der Waals surface area contributed by atoms with Crippen LogP contribution in [0, 0.1) is 0 Å². The minimum atomic E-state index is -4.90. The van der Waals surface area contributed by atoms with E-state index in [0.717, 1.165) is 16.7 Å². The molecule has 0 bridgehead atoms. The molecule has 184 valence electrons. The minimum Gasteiger partial charge on any atom is -0.481 e. The van der Waals surface area contributed by atoms with E-state index >= 15 is 0 Å². The molecule has 0 amide bonds. The van der Waals surface area contributed by atoms with Crippen molar-refractivity contribution in [2.45, 2.75) is 24.2 Å². The molecule has 0 heterocycles. The number of aliphatic carboxylic acids is 1. The van der Waals surface area contributed by atoms with Crippen molar-refractivity contribution >= 4 is 13.6 Å². The Morgan fingerprint density at radius 2 is 1.17 bits per heavy atom. The summed E-state index contributed by atoms with van der Waals surface area (Å²) in [5.41, 5.74) is 3.67. The molecule has 0 fully saturated rings. The number of carboxylic acid groups (broad SMARTS) is 1. The molecule has 0 radical (unpaired) electrons. The van der Waals surface area contributed by atoms with Gasteiger partial charge in [0.1, 0.15) is 0 Å². The summed E-state index contributed by atoms with van der Waals surface area (Å²) in [7, 11) is -4.90. The summed E-state index contributed by atoms with van der Waals surface area (Å²) in [5.74, 6) is -1.06. The fraction of sp³-hybridized carbons (Fsp3) is 0.138. The number of carboxylic acids is 1. The Kier molecular flexibility index (Phi) is 7.82. The highest BCUT2D eigenvalue weighted by Crippen LogP contribution is 2.59. The highest BCUT2D eigenvalue weighted by molar-refractivity contribution is 7.53. The zero-order valence-corrected chi connectivity index (χ0v) is 20.5. The molecule has 4 N–H and O–H groups in total. The average Bonchev–Trinajstić information content (AvgIpc) is 2.88. The van der Waals surface area contributed by atoms with Crippen LogP contribution in [0.3, 0.4) is 0 Å². The molecule has 0 saturated carbocycles. The van der Waals surface area contributed by atoms with Gasteiger partial charge >= 0.3 is 13.6 Å². The molecule has 0 aliphatic rings. The molecule has 0 unspecified atom stereocenters. The first-order chi connectivity index (χ1) is 17.3. The van der Waals surface area contributed by atoms with E-state index < -0.39 is 24.9 Å². The van der Waals surface area contributed by atoms with Crippen LogP contribution < -0.4 is 5.32 Å². The lowest BCUT2D eigenvalue weighted by atomic mass is 9.94. The van der Waals surface area contributed by atoms with Gasteiger partial charge in [0.05, 0.1) is 6.42 Å². The van der Waals surface area contributed by atoms with Crippen LogP contribution in [0.2, 0.25) is 0 Å². The smallest absolute Gasteiger partial charge is 0.354 e. The van der Waals surface area contributed by atoms with Gasteiger partial charge in [0.25, 0.3) is 0 Å². The van der Waals surface area contributed by atoms with Crippen LogP contribution in [-0.4, -0.2) is 26.9 Å². The van der Waals surface area contributed by atoms with Gasteiger partial charge in [-0.1, -0.05) is 115 Å². The Morgan fingerprint density at radius 3 is 1.61 bits per heavy atom. The van der Waals surface area contributed by atoms with Crippen LogP contribution in [-0.2, 0) is 21.1 Å². The van der Waals surface area contributed by atoms with E-state index in [4.69, 9.17) is 0 Å². The fourth-order valence-electron chi connectivity index (χ4n) is 4.54. The quantitative estimate of drug-likeness (QED) is 0.217. The molecule has 0 aliphatic carbocycles. The summed E-state index contributed by atoms with van der Waals surface area (Å²) in [4.78, 5) is 33.3. The molecule has 4 aromatic rings. The lowest BCUT2D eigenvalue weighted by molar-refractivity contribution is -0.137. The Bertz CT molecular complexity index is 1280. The monoisotopic (exact) mass is 501 g/mol. The highest BCUT2D eigenvalue weighted by atomic mass is 31.2.